The first kappa shape index (κ1) is 20.9. The summed E-state index contributed by atoms with van der Waals surface area (Å²) >= 11 is 0. The van der Waals surface area contributed by atoms with Gasteiger partial charge in [0.2, 0.25) is 0 Å². The summed E-state index contributed by atoms with van der Waals surface area (Å²) in [5.41, 5.74) is 2.34. The number of aliphatic imine (C=N–C) groups is 1. The summed E-state index contributed by atoms with van der Waals surface area (Å²) in [6.45, 7) is -2.64. The number of Topliss-reactive ketones (excluding diaryl/α,β-unsaturated/α-hetero) is 1. The molecule has 0 unspecified atom stereocenters. The fraction of sp³-hybridized carbons (Fsp3) is 0.421. The summed E-state index contributed by atoms with van der Waals surface area (Å²) < 4.78 is 67.3. The van der Waals surface area contributed by atoms with Gasteiger partial charge in [-0.3, -0.25) is 9.79 Å². The molecule has 1 aromatic heterocycles. The molecule has 0 bridgehead atoms. The third-order valence-corrected chi connectivity index (χ3v) is 5.12. The quantitative estimate of drug-likeness (QED) is 0.576. The van der Waals surface area contributed by atoms with Crippen LogP contribution in [0.3, 0.4) is 0 Å². The highest BCUT2D eigenvalue weighted by molar-refractivity contribution is 5.95. The van der Waals surface area contributed by atoms with Crippen LogP contribution in [-0.4, -0.2) is 33.7 Å². The first-order valence-electron chi connectivity index (χ1n) is 8.84. The van der Waals surface area contributed by atoms with E-state index in [1.165, 1.54) is 18.2 Å². The number of alkyl halides is 4. The number of nitrogens with two attached hydrogens (primary N) is 1. The van der Waals surface area contributed by atoms with Gasteiger partial charge in [0.1, 0.15) is 24.0 Å². The molecule has 2 heterocycles. The van der Waals surface area contributed by atoms with Gasteiger partial charge in [0.15, 0.2) is 11.5 Å². The van der Waals surface area contributed by atoms with E-state index in [1.54, 1.807) is 6.92 Å². The topological polar surface area (TPSA) is 73.3 Å². The Morgan fingerprint density at radius 1 is 1.31 bits per heavy atom. The van der Waals surface area contributed by atoms with E-state index in [4.69, 9.17) is 5.73 Å². The Kier molecular flexibility index (Phi) is 5.46. The number of amidine groups is 1. The number of aromatic nitrogens is 2. The van der Waals surface area contributed by atoms with Crippen LogP contribution in [0, 0.1) is 5.82 Å². The largest absolute Gasteiger partial charge is 0.385 e. The lowest BCUT2D eigenvalue weighted by molar-refractivity contribution is 0.0560. The highest BCUT2D eigenvalue weighted by atomic mass is 19.3. The molecule has 2 aromatic rings. The molecule has 156 valence electrons. The number of hydrogen-bond acceptors (Lipinski definition) is 4. The van der Waals surface area contributed by atoms with Crippen LogP contribution in [0.5, 0.6) is 0 Å². The number of hydrogen-bond donors (Lipinski definition) is 1. The molecular weight excluding hydrogens is 395 g/mol. The average Bonchev–Trinajstić information content (AvgIpc) is 3.17. The third-order valence-electron chi connectivity index (χ3n) is 5.12. The molecule has 1 aromatic carbocycles. The summed E-state index contributed by atoms with van der Waals surface area (Å²) in [6, 6.07) is 5.08. The van der Waals surface area contributed by atoms with Crippen LogP contribution in [0.4, 0.5) is 22.0 Å². The zero-order valence-corrected chi connectivity index (χ0v) is 15.5. The Balaban J connectivity index is 1.87. The summed E-state index contributed by atoms with van der Waals surface area (Å²) in [5.74, 6) is -1.69. The van der Waals surface area contributed by atoms with E-state index in [-0.39, 0.29) is 30.5 Å². The van der Waals surface area contributed by atoms with Crippen molar-refractivity contribution in [2.24, 2.45) is 10.7 Å². The van der Waals surface area contributed by atoms with Crippen LogP contribution < -0.4 is 5.73 Å². The van der Waals surface area contributed by atoms with Crippen molar-refractivity contribution in [2.75, 3.05) is 6.67 Å². The second-order valence-electron chi connectivity index (χ2n) is 7.24. The Morgan fingerprint density at radius 3 is 2.62 bits per heavy atom. The predicted molar refractivity (Wildman–Crippen MR) is 95.9 cm³/mol. The smallest absolute Gasteiger partial charge is 0.333 e. The maximum Gasteiger partial charge on any atom is 0.333 e. The molecule has 0 spiro atoms. The summed E-state index contributed by atoms with van der Waals surface area (Å²) in [5, 5.41) is 3.51. The Bertz CT molecular complexity index is 960. The molecule has 10 heteroatoms. The van der Waals surface area contributed by atoms with E-state index in [0.29, 0.717) is 10.2 Å². The van der Waals surface area contributed by atoms with E-state index in [0.717, 1.165) is 12.3 Å². The zero-order valence-electron chi connectivity index (χ0n) is 15.5. The molecule has 5 nitrogen and oxygen atoms in total. The number of nitrogens with zero attached hydrogens (tertiary/aromatic N) is 3. The van der Waals surface area contributed by atoms with Gasteiger partial charge < -0.3 is 5.73 Å². The average molecular weight is 414 g/mol. The summed E-state index contributed by atoms with van der Waals surface area (Å²) in [7, 11) is 0. The number of ketones is 1. The van der Waals surface area contributed by atoms with Gasteiger partial charge in [0, 0.05) is 18.2 Å². The van der Waals surface area contributed by atoms with Crippen molar-refractivity contribution in [1.82, 2.24) is 9.78 Å². The fourth-order valence-electron chi connectivity index (χ4n) is 3.29. The molecule has 0 saturated carbocycles. The lowest BCUT2D eigenvalue weighted by Gasteiger charge is -2.36. The Hall–Kier alpha value is -2.78. The third kappa shape index (κ3) is 4.01. The molecule has 0 saturated heterocycles. The Labute approximate surface area is 163 Å². The second kappa shape index (κ2) is 7.57. The zero-order chi connectivity index (χ0) is 21.4. The van der Waals surface area contributed by atoms with Gasteiger partial charge in [-0.2, -0.15) is 13.9 Å². The summed E-state index contributed by atoms with van der Waals surface area (Å²) in [6.07, 6.45) is 0.535. The molecule has 0 fully saturated rings. The minimum Gasteiger partial charge on any atom is -0.385 e. The highest BCUT2D eigenvalue weighted by Gasteiger charge is 2.44. The molecule has 0 aliphatic carbocycles. The second-order valence-corrected chi connectivity index (χ2v) is 7.24. The highest BCUT2D eigenvalue weighted by Crippen LogP contribution is 2.40. The van der Waals surface area contributed by atoms with Crippen molar-refractivity contribution in [3.05, 3.63) is 53.1 Å². The SMILES string of the molecule is C[C@@]1(c2cc(CC(=O)c3ccn(C(F)F)n3)ccc2F)CC[C@@](F)(CF)C(N)=N1. The van der Waals surface area contributed by atoms with Crippen molar-refractivity contribution in [3.8, 4) is 0 Å². The van der Waals surface area contributed by atoms with E-state index < -0.39 is 41.9 Å². The van der Waals surface area contributed by atoms with Gasteiger partial charge in [-0.05, 0) is 43.5 Å². The minimum atomic E-state index is -2.87. The van der Waals surface area contributed by atoms with E-state index in [2.05, 4.69) is 10.1 Å². The normalized spacial score (nSPS) is 24.6. The van der Waals surface area contributed by atoms with Gasteiger partial charge in [0.05, 0.1) is 5.54 Å². The van der Waals surface area contributed by atoms with Crippen molar-refractivity contribution < 1.29 is 26.7 Å². The van der Waals surface area contributed by atoms with Gasteiger partial charge in [-0.15, -0.1) is 0 Å². The molecule has 1 aliphatic rings. The standard InChI is InChI=1S/C19H19F5N4O/c1-18(5-6-19(24,10-20)16(25)26-18)12-8-11(2-3-13(12)21)9-15(29)14-4-7-28(27-14)17(22)23/h2-4,7-8,17H,5-6,9-10H2,1H3,(H2,25,26)/t18-,19+/m0/s1. The van der Waals surface area contributed by atoms with Gasteiger partial charge in [-0.1, -0.05) is 6.07 Å². The molecule has 29 heavy (non-hydrogen) atoms. The van der Waals surface area contributed by atoms with Crippen molar-refractivity contribution in [1.29, 1.82) is 0 Å². The van der Waals surface area contributed by atoms with Crippen LogP contribution in [0.15, 0.2) is 35.5 Å². The van der Waals surface area contributed by atoms with Crippen LogP contribution in [-0.2, 0) is 12.0 Å². The molecular formula is C19H19F5N4O. The lowest BCUT2D eigenvalue weighted by atomic mass is 9.80. The van der Waals surface area contributed by atoms with Crippen molar-refractivity contribution >= 4 is 11.6 Å². The maximum atomic E-state index is 14.5. The fourth-order valence-corrected chi connectivity index (χ4v) is 3.29. The number of halogens is 5. The predicted octanol–water partition coefficient (Wildman–Crippen LogP) is 3.89. The maximum absolute atomic E-state index is 14.5. The lowest BCUT2D eigenvalue weighted by Crippen LogP contribution is -2.48. The molecule has 2 atom stereocenters. The van der Waals surface area contributed by atoms with Gasteiger partial charge in [-0.25, -0.2) is 17.9 Å². The van der Waals surface area contributed by atoms with Crippen molar-refractivity contribution in [2.45, 2.75) is 43.9 Å². The number of rotatable bonds is 6. The molecule has 1 aliphatic heterocycles. The van der Waals surface area contributed by atoms with Gasteiger partial charge in [0.25, 0.3) is 0 Å². The minimum absolute atomic E-state index is 0.0151. The molecule has 2 N–H and O–H groups in total. The van der Waals surface area contributed by atoms with E-state index in [9.17, 15) is 26.7 Å². The molecule has 0 amide bonds. The molecule has 3 rings (SSSR count). The number of benzene rings is 1. The monoisotopic (exact) mass is 414 g/mol. The van der Waals surface area contributed by atoms with Crippen LogP contribution in [0.25, 0.3) is 0 Å². The van der Waals surface area contributed by atoms with Crippen LogP contribution in [0.2, 0.25) is 0 Å². The van der Waals surface area contributed by atoms with Crippen LogP contribution in [0.1, 0.15) is 47.9 Å². The first-order chi connectivity index (χ1) is 13.6. The summed E-state index contributed by atoms with van der Waals surface area (Å²) in [4.78, 5) is 16.4. The Morgan fingerprint density at radius 2 is 2.03 bits per heavy atom. The van der Waals surface area contributed by atoms with E-state index >= 15 is 0 Å². The number of carbonyl (C=O) groups excluding carboxylic acids is 1. The van der Waals surface area contributed by atoms with Crippen molar-refractivity contribution in [3.63, 3.8) is 0 Å². The number of carbonyl (C=O) groups is 1. The van der Waals surface area contributed by atoms with Gasteiger partial charge >= 0.3 is 6.55 Å². The molecule has 0 radical (unpaired) electrons. The van der Waals surface area contributed by atoms with Crippen LogP contribution >= 0.6 is 0 Å². The van der Waals surface area contributed by atoms with E-state index in [1.807, 2.05) is 0 Å². The first-order valence-corrected chi connectivity index (χ1v) is 8.84.